The fourth-order valence-electron chi connectivity index (χ4n) is 3.45. The summed E-state index contributed by atoms with van der Waals surface area (Å²) < 4.78 is 0.677. The van der Waals surface area contributed by atoms with E-state index in [0.717, 1.165) is 18.5 Å². The predicted molar refractivity (Wildman–Crippen MR) is 128 cm³/mol. The van der Waals surface area contributed by atoms with Crippen LogP contribution in [0.25, 0.3) is 6.08 Å². The third kappa shape index (κ3) is 10.7. The summed E-state index contributed by atoms with van der Waals surface area (Å²) in [4.78, 5) is 28.8. The quantitative estimate of drug-likeness (QED) is 0.217. The lowest BCUT2D eigenvalue weighted by Gasteiger charge is -2.29. The normalized spacial score (nSPS) is 11.2. The van der Waals surface area contributed by atoms with E-state index in [1.54, 1.807) is 48.8 Å². The summed E-state index contributed by atoms with van der Waals surface area (Å²) in [6, 6.07) is 10.7. The number of anilines is 1. The molecule has 0 atom stereocenters. The molecule has 0 unspecified atom stereocenters. The van der Waals surface area contributed by atoms with Gasteiger partial charge in [-0.3, -0.25) is 14.6 Å². The smallest absolute Gasteiger partial charge is 0.279 e. The maximum absolute atomic E-state index is 12.5. The number of hydrogen-bond acceptors (Lipinski definition) is 3. The van der Waals surface area contributed by atoms with Crippen molar-refractivity contribution in [2.24, 2.45) is 0 Å². The molecule has 0 radical (unpaired) electrons. The lowest BCUT2D eigenvalue weighted by atomic mass is 10.1. The number of carbonyl (C=O) groups excluding carboxylic acids is 2. The van der Waals surface area contributed by atoms with Crippen molar-refractivity contribution < 1.29 is 26.5 Å². The minimum atomic E-state index is -0.0774. The Balaban J connectivity index is 0.00000512. The number of rotatable bonds is 13. The maximum atomic E-state index is 12.5. The number of likely N-dealkylation sites (N-methyl/N-ethyl adjacent to an activating group) is 1. The van der Waals surface area contributed by atoms with E-state index in [9.17, 15) is 9.59 Å². The van der Waals surface area contributed by atoms with Crippen molar-refractivity contribution in [3.05, 3.63) is 66.0 Å². The molecular formula is C26H36ClN3O2. The first kappa shape index (κ1) is 27.5. The molecule has 6 heteroatoms. The molecule has 0 aliphatic carbocycles. The van der Waals surface area contributed by atoms with E-state index in [1.165, 1.54) is 32.1 Å². The number of benzene rings is 1. The second kappa shape index (κ2) is 14.5. The number of nitrogens with zero attached hydrogens (tertiary/aromatic N) is 2. The minimum Gasteiger partial charge on any atom is -1.00 e. The van der Waals surface area contributed by atoms with E-state index in [0.29, 0.717) is 22.3 Å². The number of ketones is 1. The summed E-state index contributed by atoms with van der Waals surface area (Å²) in [6.07, 6.45) is 14.2. The zero-order valence-electron chi connectivity index (χ0n) is 19.5. The Morgan fingerprint density at radius 2 is 1.56 bits per heavy atom. The van der Waals surface area contributed by atoms with Crippen LogP contribution in [0, 0.1) is 0 Å². The molecule has 0 bridgehead atoms. The molecule has 0 saturated carbocycles. The molecule has 1 aromatic heterocycles. The lowest BCUT2D eigenvalue weighted by molar-refractivity contribution is -0.882. The lowest BCUT2D eigenvalue weighted by Crippen LogP contribution is -3.00. The van der Waals surface area contributed by atoms with Crippen molar-refractivity contribution in [3.8, 4) is 0 Å². The van der Waals surface area contributed by atoms with Crippen LogP contribution in [0.4, 0.5) is 5.69 Å². The van der Waals surface area contributed by atoms with E-state index in [-0.39, 0.29) is 24.1 Å². The number of hydrogen-bond donors (Lipinski definition) is 1. The summed E-state index contributed by atoms with van der Waals surface area (Å²) in [5, 5.41) is 2.95. The molecule has 0 spiro atoms. The molecule has 1 aromatic carbocycles. The largest absolute Gasteiger partial charge is 1.00 e. The fraction of sp³-hybridized carbons (Fsp3) is 0.423. The standard InChI is InChI=1S/C26H35N3O2.ClH/c1-4-5-6-7-8-9-20-29(2,3)21-26(31)28-24-13-11-23(12-14-24)25(30)15-10-22-16-18-27-19-17-22;/h10-19H,4-9,20-21H2,1-3H3;1H/b15-10+;. The molecule has 2 aromatic rings. The molecule has 5 nitrogen and oxygen atoms in total. The monoisotopic (exact) mass is 457 g/mol. The van der Waals surface area contributed by atoms with Gasteiger partial charge in [0.15, 0.2) is 12.3 Å². The molecule has 174 valence electrons. The van der Waals surface area contributed by atoms with Crippen molar-refractivity contribution in [2.75, 3.05) is 32.5 Å². The number of nitrogens with one attached hydrogen (secondary N) is 1. The predicted octanol–water partition coefficient (Wildman–Crippen LogP) is 2.36. The van der Waals surface area contributed by atoms with Crippen LogP contribution in [0.3, 0.4) is 0 Å². The Hall–Kier alpha value is -2.50. The minimum absolute atomic E-state index is 0. The molecule has 2 rings (SSSR count). The molecule has 0 aliphatic heterocycles. The number of allylic oxidation sites excluding steroid dienone is 1. The maximum Gasteiger partial charge on any atom is 0.279 e. The molecular weight excluding hydrogens is 422 g/mol. The van der Waals surface area contributed by atoms with Crippen LogP contribution >= 0.6 is 0 Å². The average molecular weight is 458 g/mol. The van der Waals surface area contributed by atoms with Crippen molar-refractivity contribution in [2.45, 2.75) is 45.4 Å². The summed E-state index contributed by atoms with van der Waals surface area (Å²) >= 11 is 0. The SMILES string of the molecule is CCCCCCCC[N+](C)(C)CC(=O)Nc1ccc(C(=O)/C=C/c2ccncc2)cc1.[Cl-]. The van der Waals surface area contributed by atoms with E-state index >= 15 is 0 Å². The number of amides is 1. The van der Waals surface area contributed by atoms with Crippen LogP contribution in [0.1, 0.15) is 61.4 Å². The number of pyridine rings is 1. The van der Waals surface area contributed by atoms with Crippen LogP contribution in [-0.2, 0) is 4.79 Å². The molecule has 32 heavy (non-hydrogen) atoms. The van der Waals surface area contributed by atoms with Crippen molar-refractivity contribution in [1.82, 2.24) is 4.98 Å². The van der Waals surface area contributed by atoms with Crippen LogP contribution in [0.2, 0.25) is 0 Å². The second-order valence-electron chi connectivity index (χ2n) is 8.69. The van der Waals surface area contributed by atoms with Crippen LogP contribution in [-0.4, -0.2) is 48.3 Å². The third-order valence-electron chi connectivity index (χ3n) is 5.28. The zero-order chi connectivity index (χ0) is 22.5. The van der Waals surface area contributed by atoms with Gasteiger partial charge in [0.1, 0.15) is 0 Å². The highest BCUT2D eigenvalue weighted by Crippen LogP contribution is 2.13. The fourth-order valence-corrected chi connectivity index (χ4v) is 3.45. The number of aromatic nitrogens is 1. The topological polar surface area (TPSA) is 59.1 Å². The summed E-state index contributed by atoms with van der Waals surface area (Å²) in [6.45, 7) is 3.66. The van der Waals surface area contributed by atoms with Crippen LogP contribution in [0.15, 0.2) is 54.9 Å². The van der Waals surface area contributed by atoms with Crippen LogP contribution in [0.5, 0.6) is 0 Å². The number of unbranched alkanes of at least 4 members (excludes halogenated alkanes) is 5. The van der Waals surface area contributed by atoms with Crippen LogP contribution < -0.4 is 17.7 Å². The Morgan fingerprint density at radius 3 is 2.22 bits per heavy atom. The van der Waals surface area contributed by atoms with E-state index in [2.05, 4.69) is 31.3 Å². The first-order valence-electron chi connectivity index (χ1n) is 11.2. The third-order valence-corrected chi connectivity index (χ3v) is 5.28. The Morgan fingerprint density at radius 1 is 0.938 bits per heavy atom. The Labute approximate surface area is 198 Å². The van der Waals surface area contributed by atoms with E-state index < -0.39 is 0 Å². The Kier molecular flexibility index (Phi) is 12.5. The molecule has 1 heterocycles. The molecule has 0 aliphatic rings. The number of halogens is 1. The summed E-state index contributed by atoms with van der Waals surface area (Å²) in [5.74, 6) is -0.0842. The highest BCUT2D eigenvalue weighted by Gasteiger charge is 2.19. The van der Waals surface area contributed by atoms with Gasteiger partial charge >= 0.3 is 0 Å². The van der Waals surface area contributed by atoms with Gasteiger partial charge in [-0.05, 0) is 60.9 Å². The molecule has 1 amide bonds. The number of carbonyl (C=O) groups is 2. The van der Waals surface area contributed by atoms with Gasteiger partial charge in [0.05, 0.1) is 20.6 Å². The first-order valence-corrected chi connectivity index (χ1v) is 11.2. The van der Waals surface area contributed by atoms with Gasteiger partial charge in [0.2, 0.25) is 0 Å². The van der Waals surface area contributed by atoms with Gasteiger partial charge in [-0.1, -0.05) is 38.7 Å². The van der Waals surface area contributed by atoms with Gasteiger partial charge in [-0.15, -0.1) is 0 Å². The van der Waals surface area contributed by atoms with Crippen molar-refractivity contribution in [3.63, 3.8) is 0 Å². The second-order valence-corrected chi connectivity index (χ2v) is 8.69. The zero-order valence-corrected chi connectivity index (χ0v) is 20.3. The first-order chi connectivity index (χ1) is 14.9. The average Bonchev–Trinajstić information content (AvgIpc) is 2.75. The molecule has 0 saturated heterocycles. The van der Waals surface area contributed by atoms with Gasteiger partial charge in [0, 0.05) is 23.6 Å². The molecule has 0 fully saturated rings. The van der Waals surface area contributed by atoms with E-state index in [1.807, 2.05) is 12.1 Å². The van der Waals surface area contributed by atoms with Gasteiger partial charge in [-0.25, -0.2) is 0 Å². The van der Waals surface area contributed by atoms with Gasteiger partial charge in [0.25, 0.3) is 5.91 Å². The van der Waals surface area contributed by atoms with Gasteiger partial charge < -0.3 is 22.2 Å². The summed E-state index contributed by atoms with van der Waals surface area (Å²) in [7, 11) is 4.20. The highest BCUT2D eigenvalue weighted by molar-refractivity contribution is 6.07. The van der Waals surface area contributed by atoms with E-state index in [4.69, 9.17) is 0 Å². The van der Waals surface area contributed by atoms with Crippen molar-refractivity contribution in [1.29, 1.82) is 0 Å². The molecule has 1 N–H and O–H groups in total. The van der Waals surface area contributed by atoms with Crippen molar-refractivity contribution >= 4 is 23.5 Å². The van der Waals surface area contributed by atoms with Gasteiger partial charge in [-0.2, -0.15) is 0 Å². The highest BCUT2D eigenvalue weighted by atomic mass is 35.5. The number of quaternary nitrogens is 1. The Bertz CT molecular complexity index is 849. The summed E-state index contributed by atoms with van der Waals surface area (Å²) in [5.41, 5.74) is 2.22.